The maximum absolute atomic E-state index is 12.0. The first-order valence-electron chi connectivity index (χ1n) is 7.50. The van der Waals surface area contributed by atoms with Crippen LogP contribution in [0.5, 0.6) is 11.5 Å². The molecule has 3 nitrogen and oxygen atoms in total. The van der Waals surface area contributed by atoms with Crippen molar-refractivity contribution in [3.8, 4) is 11.5 Å². The van der Waals surface area contributed by atoms with Crippen LogP contribution in [0.15, 0.2) is 48.5 Å². The summed E-state index contributed by atoms with van der Waals surface area (Å²) in [4.78, 5) is 12.0. The van der Waals surface area contributed by atoms with Gasteiger partial charge in [-0.2, -0.15) is 0 Å². The van der Waals surface area contributed by atoms with Crippen molar-refractivity contribution in [1.29, 1.82) is 0 Å². The van der Waals surface area contributed by atoms with Gasteiger partial charge < -0.3 is 9.47 Å². The van der Waals surface area contributed by atoms with Gasteiger partial charge in [-0.15, -0.1) is 0 Å². The van der Waals surface area contributed by atoms with Gasteiger partial charge in [0.05, 0.1) is 13.5 Å². The van der Waals surface area contributed by atoms with Crippen molar-refractivity contribution in [3.63, 3.8) is 0 Å². The molecule has 3 heteroatoms. The van der Waals surface area contributed by atoms with E-state index in [4.69, 9.17) is 9.47 Å². The second-order valence-corrected chi connectivity index (χ2v) is 5.72. The number of benzene rings is 2. The topological polar surface area (TPSA) is 35.5 Å². The molecule has 0 N–H and O–H groups in total. The number of rotatable bonds is 6. The van der Waals surface area contributed by atoms with Crippen LogP contribution in [0.2, 0.25) is 0 Å². The maximum atomic E-state index is 12.0. The van der Waals surface area contributed by atoms with E-state index in [-0.39, 0.29) is 12.4 Å². The van der Waals surface area contributed by atoms with Crippen LogP contribution < -0.4 is 9.47 Å². The Morgan fingerprint density at radius 1 is 0.955 bits per heavy atom. The van der Waals surface area contributed by atoms with E-state index in [1.807, 2.05) is 24.3 Å². The van der Waals surface area contributed by atoms with E-state index < -0.39 is 0 Å². The lowest BCUT2D eigenvalue weighted by Crippen LogP contribution is -2.11. The molecular formula is C19H22O3. The Balaban J connectivity index is 1.97. The molecule has 22 heavy (non-hydrogen) atoms. The monoisotopic (exact) mass is 298 g/mol. The summed E-state index contributed by atoms with van der Waals surface area (Å²) in [6, 6.07) is 15.3. The van der Waals surface area contributed by atoms with Gasteiger partial charge >= 0.3 is 5.97 Å². The molecule has 0 aliphatic carbocycles. The molecule has 0 amide bonds. The van der Waals surface area contributed by atoms with Gasteiger partial charge in [-0.05, 0) is 35.6 Å². The normalized spacial score (nSPS) is 10.5. The highest BCUT2D eigenvalue weighted by atomic mass is 16.6. The summed E-state index contributed by atoms with van der Waals surface area (Å²) in [6.45, 7) is 4.39. The number of para-hydroxylation sites is 2. The van der Waals surface area contributed by atoms with Gasteiger partial charge in [0.15, 0.2) is 11.5 Å². The summed E-state index contributed by atoms with van der Waals surface area (Å²) in [6.07, 6.45) is 1.30. The van der Waals surface area contributed by atoms with Crippen molar-refractivity contribution in [2.75, 3.05) is 7.11 Å². The van der Waals surface area contributed by atoms with Crippen molar-refractivity contribution in [1.82, 2.24) is 0 Å². The number of methoxy groups -OCH3 is 1. The van der Waals surface area contributed by atoms with Crippen molar-refractivity contribution in [2.45, 2.75) is 26.7 Å². The maximum Gasteiger partial charge on any atom is 0.315 e. The number of ether oxygens (including phenoxy) is 2. The largest absolute Gasteiger partial charge is 0.493 e. The Kier molecular flexibility index (Phi) is 5.59. The summed E-state index contributed by atoms with van der Waals surface area (Å²) in [5.41, 5.74) is 2.24. The van der Waals surface area contributed by atoms with Crippen LogP contribution in [0.25, 0.3) is 0 Å². The average molecular weight is 298 g/mol. The quantitative estimate of drug-likeness (QED) is 0.596. The second kappa shape index (κ2) is 7.64. The van der Waals surface area contributed by atoms with Gasteiger partial charge in [0.1, 0.15) is 0 Å². The molecule has 0 radical (unpaired) electrons. The molecule has 2 aromatic carbocycles. The van der Waals surface area contributed by atoms with E-state index in [2.05, 4.69) is 26.0 Å². The number of carbonyl (C=O) groups excluding carboxylic acids is 1. The number of esters is 1. The van der Waals surface area contributed by atoms with Crippen LogP contribution in [0, 0.1) is 5.92 Å². The molecule has 0 saturated carbocycles. The Labute approximate surface area is 131 Å². The minimum absolute atomic E-state index is 0.250. The lowest BCUT2D eigenvalue weighted by Gasteiger charge is -2.09. The van der Waals surface area contributed by atoms with Crippen molar-refractivity contribution < 1.29 is 14.3 Å². The van der Waals surface area contributed by atoms with Gasteiger partial charge in [0, 0.05) is 0 Å². The molecule has 0 aromatic heterocycles. The molecule has 0 unspecified atom stereocenters. The Hall–Kier alpha value is -2.29. The second-order valence-electron chi connectivity index (χ2n) is 5.72. The fourth-order valence-electron chi connectivity index (χ4n) is 2.29. The predicted octanol–water partition coefficient (Wildman–Crippen LogP) is 4.04. The first-order valence-corrected chi connectivity index (χ1v) is 7.50. The fourth-order valence-corrected chi connectivity index (χ4v) is 2.29. The Bertz CT molecular complexity index is 615. The molecule has 0 heterocycles. The molecule has 0 saturated heterocycles. The zero-order chi connectivity index (χ0) is 15.9. The van der Waals surface area contributed by atoms with Gasteiger partial charge in [0.25, 0.3) is 0 Å². The van der Waals surface area contributed by atoms with Crippen LogP contribution in [-0.2, 0) is 17.6 Å². The van der Waals surface area contributed by atoms with Crippen LogP contribution in [0.3, 0.4) is 0 Å². The van der Waals surface area contributed by atoms with Gasteiger partial charge in [0.2, 0.25) is 0 Å². The zero-order valence-corrected chi connectivity index (χ0v) is 13.3. The van der Waals surface area contributed by atoms with Crippen LogP contribution in [0.1, 0.15) is 25.0 Å². The minimum Gasteiger partial charge on any atom is -0.493 e. The number of hydrogen-bond donors (Lipinski definition) is 0. The minimum atomic E-state index is -0.291. The van der Waals surface area contributed by atoms with Crippen LogP contribution >= 0.6 is 0 Å². The molecule has 2 aromatic rings. The molecule has 116 valence electrons. The Morgan fingerprint density at radius 3 is 2.14 bits per heavy atom. The Morgan fingerprint density at radius 2 is 1.55 bits per heavy atom. The number of carbonyl (C=O) groups is 1. The van der Waals surface area contributed by atoms with E-state index in [0.29, 0.717) is 17.4 Å². The highest BCUT2D eigenvalue weighted by Gasteiger charge is 2.10. The molecule has 0 spiro atoms. The average Bonchev–Trinajstić information content (AvgIpc) is 2.49. The molecule has 0 fully saturated rings. The van der Waals surface area contributed by atoms with Crippen molar-refractivity contribution in [2.24, 2.45) is 5.92 Å². The SMILES string of the molecule is COc1ccccc1OC(=O)Cc1ccc(CC(C)C)cc1. The fraction of sp³-hybridized carbons (Fsp3) is 0.316. The first kappa shape index (κ1) is 16.1. The molecular weight excluding hydrogens is 276 g/mol. The molecule has 0 atom stereocenters. The summed E-state index contributed by atoms with van der Waals surface area (Å²) < 4.78 is 10.5. The standard InChI is InChI=1S/C19H22O3/c1-14(2)12-15-8-10-16(11-9-15)13-19(20)22-18-7-5-4-6-17(18)21-3/h4-11,14H,12-13H2,1-3H3. The van der Waals surface area contributed by atoms with Gasteiger partial charge in [-0.3, -0.25) is 4.79 Å². The summed E-state index contributed by atoms with van der Waals surface area (Å²) in [5, 5.41) is 0. The van der Waals surface area contributed by atoms with E-state index in [1.165, 1.54) is 5.56 Å². The lowest BCUT2D eigenvalue weighted by molar-refractivity contribution is -0.133. The molecule has 0 bridgehead atoms. The molecule has 0 aliphatic heterocycles. The highest BCUT2D eigenvalue weighted by molar-refractivity contribution is 5.75. The van der Waals surface area contributed by atoms with E-state index >= 15 is 0 Å². The smallest absolute Gasteiger partial charge is 0.315 e. The summed E-state index contributed by atoms with van der Waals surface area (Å²) >= 11 is 0. The summed E-state index contributed by atoms with van der Waals surface area (Å²) in [5.74, 6) is 1.34. The van der Waals surface area contributed by atoms with E-state index in [1.54, 1.807) is 19.2 Å². The predicted molar refractivity (Wildman–Crippen MR) is 87.3 cm³/mol. The molecule has 2 rings (SSSR count). The van der Waals surface area contributed by atoms with Crippen LogP contribution in [-0.4, -0.2) is 13.1 Å². The lowest BCUT2D eigenvalue weighted by atomic mass is 10.0. The van der Waals surface area contributed by atoms with Crippen LogP contribution in [0.4, 0.5) is 0 Å². The van der Waals surface area contributed by atoms with E-state index in [9.17, 15) is 4.79 Å². The third kappa shape index (κ3) is 4.62. The highest BCUT2D eigenvalue weighted by Crippen LogP contribution is 2.26. The third-order valence-corrected chi connectivity index (χ3v) is 3.31. The van der Waals surface area contributed by atoms with Gasteiger partial charge in [-0.25, -0.2) is 0 Å². The van der Waals surface area contributed by atoms with E-state index in [0.717, 1.165) is 12.0 Å². The molecule has 0 aliphatic rings. The van der Waals surface area contributed by atoms with Crippen molar-refractivity contribution in [3.05, 3.63) is 59.7 Å². The third-order valence-electron chi connectivity index (χ3n) is 3.31. The van der Waals surface area contributed by atoms with Crippen molar-refractivity contribution >= 4 is 5.97 Å². The van der Waals surface area contributed by atoms with Gasteiger partial charge in [-0.1, -0.05) is 50.2 Å². The summed E-state index contributed by atoms with van der Waals surface area (Å²) in [7, 11) is 1.56. The number of hydrogen-bond acceptors (Lipinski definition) is 3. The first-order chi connectivity index (χ1) is 10.6. The zero-order valence-electron chi connectivity index (χ0n) is 13.3.